The Morgan fingerprint density at radius 3 is 2.92 bits per heavy atom. The second-order valence-corrected chi connectivity index (χ2v) is 3.71. The molecule has 0 atom stereocenters. The van der Waals surface area contributed by atoms with Crippen LogP contribution in [0.4, 0.5) is 8.78 Å². The number of hydrogen-bond acceptors (Lipinski definition) is 2. The van der Waals surface area contributed by atoms with E-state index in [1.54, 1.807) is 23.5 Å². The van der Waals surface area contributed by atoms with E-state index in [1.165, 1.54) is 0 Å². The zero-order valence-electron chi connectivity index (χ0n) is 6.55. The first-order valence-corrected chi connectivity index (χ1v) is 4.76. The first kappa shape index (κ1) is 8.04. The fourth-order valence-corrected chi connectivity index (χ4v) is 2.56. The molecule has 66 valence electrons. The summed E-state index contributed by atoms with van der Waals surface area (Å²) in [5.41, 5.74) is 1.67. The Labute approximate surface area is 72.9 Å². The van der Waals surface area contributed by atoms with Crippen LogP contribution in [0.5, 0.6) is 0 Å². The molecule has 2 heterocycles. The molecule has 0 radical (unpaired) electrons. The Kier molecular flexibility index (Phi) is 1.83. The van der Waals surface area contributed by atoms with Gasteiger partial charge in [0.1, 0.15) is 5.69 Å². The van der Waals surface area contributed by atoms with Crippen molar-refractivity contribution in [3.05, 3.63) is 17.0 Å². The SMILES string of the molecule is Cn1nc(C(F)F)c2c1CSC2. The van der Waals surface area contributed by atoms with E-state index in [9.17, 15) is 8.78 Å². The van der Waals surface area contributed by atoms with Crippen LogP contribution in [0.2, 0.25) is 0 Å². The van der Waals surface area contributed by atoms with E-state index in [1.807, 2.05) is 0 Å². The molecule has 1 aromatic rings. The number of aryl methyl sites for hydroxylation is 1. The lowest BCUT2D eigenvalue weighted by molar-refractivity contribution is 0.144. The Morgan fingerprint density at radius 1 is 1.50 bits per heavy atom. The molecule has 0 amide bonds. The van der Waals surface area contributed by atoms with Gasteiger partial charge >= 0.3 is 0 Å². The van der Waals surface area contributed by atoms with Crippen molar-refractivity contribution in [3.8, 4) is 0 Å². The molecule has 0 aromatic carbocycles. The number of hydrogen-bond donors (Lipinski definition) is 0. The van der Waals surface area contributed by atoms with Crippen molar-refractivity contribution in [2.45, 2.75) is 17.9 Å². The van der Waals surface area contributed by atoms with Gasteiger partial charge in [0.05, 0.1) is 5.69 Å². The van der Waals surface area contributed by atoms with Crippen molar-refractivity contribution in [1.82, 2.24) is 9.78 Å². The highest BCUT2D eigenvalue weighted by atomic mass is 32.2. The lowest BCUT2D eigenvalue weighted by Gasteiger charge is -1.95. The van der Waals surface area contributed by atoms with Crippen molar-refractivity contribution >= 4 is 11.8 Å². The summed E-state index contributed by atoms with van der Waals surface area (Å²) in [4.78, 5) is 0. The minimum atomic E-state index is -2.43. The van der Waals surface area contributed by atoms with E-state index in [4.69, 9.17) is 0 Å². The summed E-state index contributed by atoms with van der Waals surface area (Å²) in [5, 5.41) is 3.79. The molecule has 0 saturated carbocycles. The average molecular weight is 190 g/mol. The van der Waals surface area contributed by atoms with Crippen LogP contribution < -0.4 is 0 Å². The van der Waals surface area contributed by atoms with Crippen molar-refractivity contribution in [2.75, 3.05) is 0 Å². The maximum absolute atomic E-state index is 12.4. The molecule has 0 bridgehead atoms. The van der Waals surface area contributed by atoms with Crippen LogP contribution in [-0.4, -0.2) is 9.78 Å². The summed E-state index contributed by atoms with van der Waals surface area (Å²) in [6.07, 6.45) is -2.43. The summed E-state index contributed by atoms with van der Waals surface area (Å²) in [5.74, 6) is 1.49. The third-order valence-corrected chi connectivity index (χ3v) is 2.97. The maximum atomic E-state index is 12.4. The predicted molar refractivity (Wildman–Crippen MR) is 43.2 cm³/mol. The molecule has 2 rings (SSSR count). The minimum Gasteiger partial charge on any atom is -0.271 e. The molecule has 2 nitrogen and oxygen atoms in total. The van der Waals surface area contributed by atoms with Gasteiger partial charge in [0.2, 0.25) is 0 Å². The van der Waals surface area contributed by atoms with Gasteiger partial charge in [-0.3, -0.25) is 4.68 Å². The van der Waals surface area contributed by atoms with E-state index in [-0.39, 0.29) is 5.69 Å². The van der Waals surface area contributed by atoms with Gasteiger partial charge in [-0.1, -0.05) is 0 Å². The molecule has 5 heteroatoms. The Hall–Kier alpha value is -0.580. The number of nitrogens with zero attached hydrogens (tertiary/aromatic N) is 2. The summed E-state index contributed by atoms with van der Waals surface area (Å²) >= 11 is 1.66. The van der Waals surface area contributed by atoms with Crippen LogP contribution >= 0.6 is 11.8 Å². The van der Waals surface area contributed by atoms with Gasteiger partial charge in [-0.2, -0.15) is 16.9 Å². The quantitative estimate of drug-likeness (QED) is 0.675. The van der Waals surface area contributed by atoms with Crippen LogP contribution in [-0.2, 0) is 18.6 Å². The van der Waals surface area contributed by atoms with Crippen LogP contribution in [0.1, 0.15) is 23.4 Å². The predicted octanol–water partition coefficient (Wildman–Crippen LogP) is 2.10. The largest absolute Gasteiger partial charge is 0.282 e. The van der Waals surface area contributed by atoms with Gasteiger partial charge in [0.15, 0.2) is 0 Å². The molecule has 0 spiro atoms. The zero-order chi connectivity index (χ0) is 8.72. The van der Waals surface area contributed by atoms with Crippen molar-refractivity contribution in [2.24, 2.45) is 7.05 Å². The molecule has 12 heavy (non-hydrogen) atoms. The topological polar surface area (TPSA) is 17.8 Å². The van der Waals surface area contributed by atoms with Crippen molar-refractivity contribution in [1.29, 1.82) is 0 Å². The van der Waals surface area contributed by atoms with E-state index < -0.39 is 6.43 Å². The molecular formula is C7H8F2N2S. The Balaban J connectivity index is 2.51. The summed E-state index contributed by atoms with van der Waals surface area (Å²) in [6.45, 7) is 0. The lowest BCUT2D eigenvalue weighted by atomic mass is 10.2. The summed E-state index contributed by atoms with van der Waals surface area (Å²) in [7, 11) is 1.72. The molecule has 0 fully saturated rings. The third kappa shape index (κ3) is 1.03. The van der Waals surface area contributed by atoms with Crippen LogP contribution in [0, 0.1) is 0 Å². The fraction of sp³-hybridized carbons (Fsp3) is 0.571. The number of thioether (sulfide) groups is 1. The number of halogens is 2. The highest BCUT2D eigenvalue weighted by Gasteiger charge is 2.25. The normalized spacial score (nSPS) is 15.7. The molecule has 0 saturated heterocycles. The first-order chi connectivity index (χ1) is 5.70. The van der Waals surface area contributed by atoms with E-state index in [0.29, 0.717) is 5.75 Å². The molecule has 1 aliphatic rings. The van der Waals surface area contributed by atoms with Gasteiger partial charge in [-0.15, -0.1) is 0 Å². The van der Waals surface area contributed by atoms with E-state index in [0.717, 1.165) is 17.0 Å². The smallest absolute Gasteiger partial charge is 0.271 e. The second kappa shape index (κ2) is 2.73. The third-order valence-electron chi connectivity index (χ3n) is 2.00. The number of fused-ring (bicyclic) bond motifs is 1. The van der Waals surface area contributed by atoms with E-state index in [2.05, 4.69) is 5.10 Å². The van der Waals surface area contributed by atoms with Gasteiger partial charge in [0, 0.05) is 24.1 Å². The standard InChI is InChI=1S/C7H8F2N2S/c1-11-5-3-12-2-4(5)6(10-11)7(8)9/h7H,2-3H2,1H3. The molecule has 1 aliphatic heterocycles. The second-order valence-electron chi connectivity index (χ2n) is 2.73. The van der Waals surface area contributed by atoms with Gasteiger partial charge in [-0.25, -0.2) is 8.78 Å². The Morgan fingerprint density at radius 2 is 2.25 bits per heavy atom. The van der Waals surface area contributed by atoms with Gasteiger partial charge < -0.3 is 0 Å². The lowest BCUT2D eigenvalue weighted by Crippen LogP contribution is -1.95. The fourth-order valence-electron chi connectivity index (χ4n) is 1.39. The molecular weight excluding hydrogens is 182 g/mol. The highest BCUT2D eigenvalue weighted by Crippen LogP contribution is 2.35. The highest BCUT2D eigenvalue weighted by molar-refractivity contribution is 7.98. The molecule has 1 aromatic heterocycles. The zero-order valence-corrected chi connectivity index (χ0v) is 7.37. The Bertz CT molecular complexity index is 309. The molecule has 0 aliphatic carbocycles. The van der Waals surface area contributed by atoms with E-state index >= 15 is 0 Å². The minimum absolute atomic E-state index is 0.0301. The van der Waals surface area contributed by atoms with Crippen LogP contribution in [0.15, 0.2) is 0 Å². The van der Waals surface area contributed by atoms with Crippen LogP contribution in [0.3, 0.4) is 0 Å². The van der Waals surface area contributed by atoms with Crippen molar-refractivity contribution < 1.29 is 8.78 Å². The first-order valence-electron chi connectivity index (χ1n) is 3.60. The average Bonchev–Trinajstić information content (AvgIpc) is 2.53. The van der Waals surface area contributed by atoms with Gasteiger partial charge in [-0.05, 0) is 0 Å². The number of rotatable bonds is 1. The summed E-state index contributed by atoms with van der Waals surface area (Å²) < 4.78 is 26.3. The molecule has 0 N–H and O–H groups in total. The van der Waals surface area contributed by atoms with Crippen LogP contribution in [0.25, 0.3) is 0 Å². The van der Waals surface area contributed by atoms with Gasteiger partial charge in [0.25, 0.3) is 6.43 Å². The molecule has 0 unspecified atom stereocenters. The number of alkyl halides is 2. The monoisotopic (exact) mass is 190 g/mol. The maximum Gasteiger partial charge on any atom is 0.282 e. The number of aromatic nitrogens is 2. The summed E-state index contributed by atoms with van der Waals surface area (Å²) in [6, 6.07) is 0. The van der Waals surface area contributed by atoms with Crippen molar-refractivity contribution in [3.63, 3.8) is 0 Å².